The first-order chi connectivity index (χ1) is 5.17. The Balaban J connectivity index is 4.43. The minimum absolute atomic E-state index is 0.323. The number of hydrogen-bond donors (Lipinski definition) is 0. The number of methoxy groups -OCH3 is 2. The van der Waals surface area contributed by atoms with Crippen LogP contribution in [-0.2, 0) is 19.1 Å². The van der Waals surface area contributed by atoms with Gasteiger partial charge in [-0.3, -0.25) is 0 Å². The Morgan fingerprint density at radius 2 is 1.55 bits per heavy atom. The second kappa shape index (κ2) is 4.73. The molecule has 0 atom stereocenters. The van der Waals surface area contributed by atoms with Gasteiger partial charge in [0.25, 0.3) is 0 Å². The van der Waals surface area contributed by atoms with Crippen molar-refractivity contribution >= 4 is 23.5 Å². The Kier molecular flexibility index (Phi) is 4.29. The molecule has 0 radical (unpaired) electrons. The summed E-state index contributed by atoms with van der Waals surface area (Å²) in [6.45, 7) is 0. The molecule has 0 spiro atoms. The third-order valence-corrected chi connectivity index (χ3v) is 1.14. The van der Waals surface area contributed by atoms with Crippen LogP contribution in [0, 0.1) is 0 Å². The Morgan fingerprint density at radius 3 is 1.73 bits per heavy atom. The van der Waals surface area contributed by atoms with E-state index in [0.717, 1.165) is 19.8 Å². The van der Waals surface area contributed by atoms with E-state index in [1.54, 1.807) is 0 Å². The van der Waals surface area contributed by atoms with Crippen LogP contribution in [0.25, 0.3) is 0 Å². The fourth-order valence-electron chi connectivity index (χ4n) is 0.392. The number of ether oxygens (including phenoxy) is 2. The fourth-order valence-corrected chi connectivity index (χ4v) is 0.571. The molecular formula is C6H7ClO4. The molecule has 0 aliphatic carbocycles. The van der Waals surface area contributed by atoms with Crippen LogP contribution in [0.3, 0.4) is 0 Å². The molecule has 0 heterocycles. The summed E-state index contributed by atoms with van der Waals surface area (Å²) in [5, 5.41) is 0. The number of esters is 2. The molecule has 0 aliphatic heterocycles. The van der Waals surface area contributed by atoms with Crippen LogP contribution in [0.1, 0.15) is 0 Å². The van der Waals surface area contributed by atoms with Gasteiger partial charge in [0, 0.05) is 5.54 Å². The molecule has 0 bridgehead atoms. The molecule has 0 saturated carbocycles. The Hall–Kier alpha value is -1.03. The summed E-state index contributed by atoms with van der Waals surface area (Å²) in [7, 11) is 2.29. The van der Waals surface area contributed by atoms with Gasteiger partial charge in [0.05, 0.1) is 14.2 Å². The molecule has 0 unspecified atom stereocenters. The lowest BCUT2D eigenvalue weighted by atomic mass is 10.3. The molecule has 0 N–H and O–H groups in total. The minimum atomic E-state index is -0.813. The number of carbonyl (C=O) groups excluding carboxylic acids is 2. The number of carbonyl (C=O) groups is 2. The lowest BCUT2D eigenvalue weighted by Crippen LogP contribution is -2.15. The number of rotatable bonds is 2. The van der Waals surface area contributed by atoms with Crippen LogP contribution < -0.4 is 0 Å². The summed E-state index contributed by atoms with van der Waals surface area (Å²) in [5.74, 6) is -1.63. The molecule has 0 aliphatic rings. The van der Waals surface area contributed by atoms with Crippen molar-refractivity contribution < 1.29 is 19.1 Å². The van der Waals surface area contributed by atoms with Crippen molar-refractivity contribution in [2.24, 2.45) is 0 Å². The van der Waals surface area contributed by atoms with E-state index in [4.69, 9.17) is 11.6 Å². The molecule has 11 heavy (non-hydrogen) atoms. The zero-order valence-corrected chi connectivity index (χ0v) is 6.84. The van der Waals surface area contributed by atoms with Crippen LogP contribution in [0.4, 0.5) is 0 Å². The third-order valence-electron chi connectivity index (χ3n) is 0.920. The summed E-state index contributed by atoms with van der Waals surface area (Å²) < 4.78 is 8.47. The van der Waals surface area contributed by atoms with Crippen molar-refractivity contribution in [2.75, 3.05) is 14.2 Å². The third kappa shape index (κ3) is 2.59. The van der Waals surface area contributed by atoms with E-state index in [1.165, 1.54) is 0 Å². The Bertz CT molecular complexity index is 179. The van der Waals surface area contributed by atoms with Gasteiger partial charge in [-0.05, 0) is 0 Å². The normalized spacial score (nSPS) is 8.27. The highest BCUT2D eigenvalue weighted by atomic mass is 35.5. The molecule has 0 amide bonds. The minimum Gasteiger partial charge on any atom is -0.465 e. The second-order valence-corrected chi connectivity index (χ2v) is 1.72. The monoisotopic (exact) mass is 178 g/mol. The Labute approximate surface area is 68.7 Å². The lowest BCUT2D eigenvalue weighted by Gasteiger charge is -1.99. The van der Waals surface area contributed by atoms with Crippen LogP contribution in [-0.4, -0.2) is 26.2 Å². The van der Waals surface area contributed by atoms with Crippen molar-refractivity contribution in [1.82, 2.24) is 0 Å². The lowest BCUT2D eigenvalue weighted by molar-refractivity contribution is -0.144. The van der Waals surface area contributed by atoms with Crippen LogP contribution >= 0.6 is 11.6 Å². The molecule has 0 fully saturated rings. The summed E-state index contributed by atoms with van der Waals surface area (Å²) in [5.41, 5.74) is 0.495. The molecular weight excluding hydrogens is 172 g/mol. The zero-order valence-electron chi connectivity index (χ0n) is 6.09. The van der Waals surface area contributed by atoms with Gasteiger partial charge < -0.3 is 9.47 Å². The van der Waals surface area contributed by atoms with Crippen molar-refractivity contribution in [2.45, 2.75) is 0 Å². The molecule has 0 aromatic rings. The van der Waals surface area contributed by atoms with Gasteiger partial charge in [-0.2, -0.15) is 0 Å². The van der Waals surface area contributed by atoms with E-state index in [1.807, 2.05) is 0 Å². The average Bonchev–Trinajstić information content (AvgIpc) is 2.05. The highest BCUT2D eigenvalue weighted by Crippen LogP contribution is 2.01. The quantitative estimate of drug-likeness (QED) is 0.267. The molecule has 5 heteroatoms. The first-order valence-electron chi connectivity index (χ1n) is 2.64. The maximum atomic E-state index is 10.7. The molecule has 0 aromatic heterocycles. The average molecular weight is 179 g/mol. The van der Waals surface area contributed by atoms with Crippen LogP contribution in [0.5, 0.6) is 0 Å². The van der Waals surface area contributed by atoms with Crippen molar-refractivity contribution in [3.05, 3.63) is 11.1 Å². The maximum absolute atomic E-state index is 10.7. The van der Waals surface area contributed by atoms with Crippen LogP contribution in [0.15, 0.2) is 11.1 Å². The largest absolute Gasteiger partial charge is 0.465 e. The van der Waals surface area contributed by atoms with Crippen molar-refractivity contribution in [3.63, 3.8) is 0 Å². The predicted molar refractivity (Wildman–Crippen MR) is 38.0 cm³/mol. The van der Waals surface area contributed by atoms with Gasteiger partial charge in [-0.25, -0.2) is 9.59 Å². The van der Waals surface area contributed by atoms with Crippen molar-refractivity contribution in [3.8, 4) is 0 Å². The Morgan fingerprint density at radius 1 is 1.18 bits per heavy atom. The zero-order chi connectivity index (χ0) is 8.85. The molecule has 0 aromatic carbocycles. The van der Waals surface area contributed by atoms with Crippen molar-refractivity contribution in [1.29, 1.82) is 0 Å². The van der Waals surface area contributed by atoms with Gasteiger partial charge in [-0.15, -0.1) is 0 Å². The van der Waals surface area contributed by atoms with Crippen LogP contribution in [0.2, 0.25) is 0 Å². The number of hydrogen-bond acceptors (Lipinski definition) is 4. The summed E-state index contributed by atoms with van der Waals surface area (Å²) >= 11 is 5.15. The van der Waals surface area contributed by atoms with Gasteiger partial charge in [0.15, 0.2) is 5.57 Å². The predicted octanol–water partition coefficient (Wildman–Crippen LogP) is 0.455. The van der Waals surface area contributed by atoms with Gasteiger partial charge >= 0.3 is 11.9 Å². The number of halogens is 1. The van der Waals surface area contributed by atoms with E-state index in [2.05, 4.69) is 9.47 Å². The topological polar surface area (TPSA) is 52.6 Å². The van der Waals surface area contributed by atoms with E-state index in [9.17, 15) is 9.59 Å². The van der Waals surface area contributed by atoms with E-state index >= 15 is 0 Å². The van der Waals surface area contributed by atoms with Gasteiger partial charge in [0.2, 0.25) is 0 Å². The summed E-state index contributed by atoms with van der Waals surface area (Å²) in [6, 6.07) is 0. The van der Waals surface area contributed by atoms with Gasteiger partial charge in [0.1, 0.15) is 0 Å². The van der Waals surface area contributed by atoms with Gasteiger partial charge in [-0.1, -0.05) is 11.6 Å². The molecule has 4 nitrogen and oxygen atoms in total. The first-order valence-corrected chi connectivity index (χ1v) is 3.08. The first kappa shape index (κ1) is 9.97. The summed E-state index contributed by atoms with van der Waals surface area (Å²) in [4.78, 5) is 21.3. The molecule has 0 rings (SSSR count). The smallest absolute Gasteiger partial charge is 0.346 e. The highest BCUT2D eigenvalue weighted by molar-refractivity contribution is 6.31. The second-order valence-electron chi connectivity index (χ2n) is 1.51. The van der Waals surface area contributed by atoms with E-state index in [0.29, 0.717) is 0 Å². The molecule has 62 valence electrons. The molecule has 0 saturated heterocycles. The van der Waals surface area contributed by atoms with E-state index < -0.39 is 11.9 Å². The SMILES string of the molecule is COC(=O)C(=CCl)C(=O)OC. The summed E-state index contributed by atoms with van der Waals surface area (Å²) in [6.07, 6.45) is 0. The maximum Gasteiger partial charge on any atom is 0.346 e. The highest BCUT2D eigenvalue weighted by Gasteiger charge is 2.18. The van der Waals surface area contributed by atoms with E-state index in [-0.39, 0.29) is 5.57 Å². The fraction of sp³-hybridized carbons (Fsp3) is 0.333. The standard InChI is InChI=1S/C6H7ClO4/c1-10-5(8)4(3-7)6(9)11-2/h3H,1-2H3.